The van der Waals surface area contributed by atoms with E-state index >= 15 is 0 Å². The van der Waals surface area contributed by atoms with Crippen LogP contribution in [0.1, 0.15) is 31.2 Å². The highest BCUT2D eigenvalue weighted by atomic mass is 19.3. The van der Waals surface area contributed by atoms with Gasteiger partial charge >= 0.3 is 0 Å². The molecule has 0 aromatic heterocycles. The highest BCUT2D eigenvalue weighted by Crippen LogP contribution is 2.36. The lowest BCUT2D eigenvalue weighted by Crippen LogP contribution is -2.45. The molecule has 1 saturated carbocycles. The molecule has 1 aromatic carbocycles. The van der Waals surface area contributed by atoms with Crippen molar-refractivity contribution in [1.29, 1.82) is 0 Å². The third-order valence-corrected chi connectivity index (χ3v) is 4.04. The Hall–Kier alpha value is -1.49. The summed E-state index contributed by atoms with van der Waals surface area (Å²) in [4.78, 5) is 12.2. The number of carbonyl (C=O) groups is 1. The van der Waals surface area contributed by atoms with Gasteiger partial charge in [0.1, 0.15) is 0 Å². The molecule has 1 aromatic rings. The van der Waals surface area contributed by atoms with E-state index in [9.17, 15) is 13.6 Å². The maximum atomic E-state index is 13.1. The van der Waals surface area contributed by atoms with Gasteiger partial charge in [-0.2, -0.15) is 0 Å². The van der Waals surface area contributed by atoms with Crippen LogP contribution < -0.4 is 11.1 Å². The Morgan fingerprint density at radius 2 is 1.90 bits per heavy atom. The molecule has 0 spiro atoms. The Morgan fingerprint density at radius 1 is 1.29 bits per heavy atom. The standard InChI is InChI=1S/C16H22F2N2O/c17-16(18)8-6-13(7-9-16)15(21)20-14(11-19)10-12-4-2-1-3-5-12/h1-5,13-14H,6-11,19H2,(H,20,21). The van der Waals surface area contributed by atoms with E-state index in [1.54, 1.807) is 0 Å². The van der Waals surface area contributed by atoms with Crippen molar-refractivity contribution in [3.63, 3.8) is 0 Å². The predicted molar refractivity (Wildman–Crippen MR) is 78.0 cm³/mol. The first kappa shape index (κ1) is 15.9. The average molecular weight is 296 g/mol. The second kappa shape index (κ2) is 6.98. The first-order valence-electron chi connectivity index (χ1n) is 7.42. The summed E-state index contributed by atoms with van der Waals surface area (Å²) in [7, 11) is 0. The minimum absolute atomic E-state index is 0.142. The number of alkyl halides is 2. The van der Waals surface area contributed by atoms with Crippen molar-refractivity contribution in [2.24, 2.45) is 11.7 Å². The van der Waals surface area contributed by atoms with Crippen LogP contribution in [-0.4, -0.2) is 24.4 Å². The summed E-state index contributed by atoms with van der Waals surface area (Å²) in [6, 6.07) is 9.62. The van der Waals surface area contributed by atoms with Crippen LogP contribution in [0, 0.1) is 5.92 Å². The van der Waals surface area contributed by atoms with Gasteiger partial charge in [-0.1, -0.05) is 30.3 Å². The highest BCUT2D eigenvalue weighted by molar-refractivity contribution is 5.79. The van der Waals surface area contributed by atoms with Gasteiger partial charge in [0.05, 0.1) is 0 Å². The van der Waals surface area contributed by atoms with Gasteiger partial charge in [0.25, 0.3) is 0 Å². The molecule has 5 heteroatoms. The first-order chi connectivity index (χ1) is 10.00. The molecule has 0 heterocycles. The first-order valence-corrected chi connectivity index (χ1v) is 7.42. The molecule has 1 atom stereocenters. The number of nitrogens with one attached hydrogen (secondary N) is 1. The fourth-order valence-electron chi connectivity index (χ4n) is 2.71. The largest absolute Gasteiger partial charge is 0.352 e. The second-order valence-electron chi connectivity index (χ2n) is 5.76. The summed E-state index contributed by atoms with van der Waals surface area (Å²) in [5, 5.41) is 2.90. The lowest BCUT2D eigenvalue weighted by atomic mass is 9.86. The maximum absolute atomic E-state index is 13.1. The Bertz CT molecular complexity index is 455. The number of nitrogens with two attached hydrogens (primary N) is 1. The van der Waals surface area contributed by atoms with Crippen LogP contribution in [0.5, 0.6) is 0 Å². The third-order valence-electron chi connectivity index (χ3n) is 4.04. The summed E-state index contributed by atoms with van der Waals surface area (Å²) in [6.07, 6.45) is 0.767. The SMILES string of the molecule is NCC(Cc1ccccc1)NC(=O)C1CCC(F)(F)CC1. The van der Waals surface area contributed by atoms with Crippen molar-refractivity contribution in [3.8, 4) is 0 Å². The van der Waals surface area contributed by atoms with Gasteiger partial charge in [0.15, 0.2) is 0 Å². The number of rotatable bonds is 5. The molecule has 1 amide bonds. The number of hydrogen-bond donors (Lipinski definition) is 2. The molecule has 0 radical (unpaired) electrons. The van der Waals surface area contributed by atoms with Crippen LogP contribution in [0.3, 0.4) is 0 Å². The smallest absolute Gasteiger partial charge is 0.248 e. The van der Waals surface area contributed by atoms with Gasteiger partial charge < -0.3 is 11.1 Å². The zero-order chi connectivity index (χ0) is 15.3. The minimum atomic E-state index is -2.60. The summed E-state index contributed by atoms with van der Waals surface area (Å²) in [6.45, 7) is 0.337. The molecule has 0 saturated heterocycles. The van der Waals surface area contributed by atoms with E-state index in [0.717, 1.165) is 5.56 Å². The molecule has 3 N–H and O–H groups in total. The number of carbonyl (C=O) groups excluding carboxylic acids is 1. The van der Waals surface area contributed by atoms with E-state index in [1.807, 2.05) is 30.3 Å². The topological polar surface area (TPSA) is 55.1 Å². The second-order valence-corrected chi connectivity index (χ2v) is 5.76. The summed E-state index contributed by atoms with van der Waals surface area (Å²) < 4.78 is 26.2. The van der Waals surface area contributed by atoms with Crippen LogP contribution in [-0.2, 0) is 11.2 Å². The monoisotopic (exact) mass is 296 g/mol. The van der Waals surface area contributed by atoms with Crippen molar-refractivity contribution in [3.05, 3.63) is 35.9 Å². The van der Waals surface area contributed by atoms with Crippen LogP contribution in [0.25, 0.3) is 0 Å². The van der Waals surface area contributed by atoms with Crippen molar-refractivity contribution in [2.75, 3.05) is 6.54 Å². The molecular formula is C16H22F2N2O. The van der Waals surface area contributed by atoms with Gasteiger partial charge in [-0.15, -0.1) is 0 Å². The molecule has 116 valence electrons. The van der Waals surface area contributed by atoms with Crippen molar-refractivity contribution in [2.45, 2.75) is 44.1 Å². The molecule has 2 rings (SSSR count). The van der Waals surface area contributed by atoms with E-state index in [-0.39, 0.29) is 43.6 Å². The molecule has 21 heavy (non-hydrogen) atoms. The molecule has 0 bridgehead atoms. The molecule has 3 nitrogen and oxygen atoms in total. The summed E-state index contributed by atoms with van der Waals surface area (Å²) in [5.74, 6) is -3.06. The number of hydrogen-bond acceptors (Lipinski definition) is 2. The lowest BCUT2D eigenvalue weighted by molar-refractivity contribution is -0.129. The van der Waals surface area contributed by atoms with E-state index < -0.39 is 5.92 Å². The maximum Gasteiger partial charge on any atom is 0.248 e. The number of benzene rings is 1. The van der Waals surface area contributed by atoms with Gasteiger partial charge in [-0.25, -0.2) is 8.78 Å². The quantitative estimate of drug-likeness (QED) is 0.877. The fraction of sp³-hybridized carbons (Fsp3) is 0.562. The molecule has 0 aliphatic heterocycles. The minimum Gasteiger partial charge on any atom is -0.352 e. The van der Waals surface area contributed by atoms with Crippen molar-refractivity contribution in [1.82, 2.24) is 5.32 Å². The van der Waals surface area contributed by atoms with Crippen LogP contribution in [0.15, 0.2) is 30.3 Å². The molecular weight excluding hydrogens is 274 g/mol. The molecule has 1 unspecified atom stereocenters. The molecule has 1 aliphatic rings. The predicted octanol–water partition coefficient (Wildman–Crippen LogP) is 2.50. The van der Waals surface area contributed by atoms with Gasteiger partial charge in [0.2, 0.25) is 11.8 Å². The molecule has 1 fully saturated rings. The Balaban J connectivity index is 1.85. The van der Waals surface area contributed by atoms with E-state index in [2.05, 4.69) is 5.32 Å². The van der Waals surface area contributed by atoms with Gasteiger partial charge in [-0.05, 0) is 24.8 Å². The van der Waals surface area contributed by atoms with E-state index in [0.29, 0.717) is 13.0 Å². The van der Waals surface area contributed by atoms with E-state index in [4.69, 9.17) is 5.73 Å². The number of amides is 1. The van der Waals surface area contributed by atoms with Crippen molar-refractivity contribution < 1.29 is 13.6 Å². The van der Waals surface area contributed by atoms with Crippen molar-refractivity contribution >= 4 is 5.91 Å². The van der Waals surface area contributed by atoms with Gasteiger partial charge in [0, 0.05) is 31.3 Å². The van der Waals surface area contributed by atoms with Crippen LogP contribution in [0.2, 0.25) is 0 Å². The normalized spacial score (nSPS) is 20.0. The zero-order valence-electron chi connectivity index (χ0n) is 12.0. The lowest BCUT2D eigenvalue weighted by Gasteiger charge is -2.28. The van der Waals surface area contributed by atoms with Gasteiger partial charge in [-0.3, -0.25) is 4.79 Å². The fourth-order valence-corrected chi connectivity index (χ4v) is 2.71. The molecule has 1 aliphatic carbocycles. The Labute approximate surface area is 123 Å². The third kappa shape index (κ3) is 4.77. The Kier molecular flexibility index (Phi) is 5.28. The zero-order valence-corrected chi connectivity index (χ0v) is 12.0. The van der Waals surface area contributed by atoms with Crippen LogP contribution in [0.4, 0.5) is 8.78 Å². The Morgan fingerprint density at radius 3 is 2.48 bits per heavy atom. The van der Waals surface area contributed by atoms with Crippen LogP contribution >= 0.6 is 0 Å². The number of halogens is 2. The average Bonchev–Trinajstić information content (AvgIpc) is 2.47. The highest BCUT2D eigenvalue weighted by Gasteiger charge is 2.37. The summed E-state index contributed by atoms with van der Waals surface area (Å²) >= 11 is 0. The van der Waals surface area contributed by atoms with E-state index in [1.165, 1.54) is 0 Å². The summed E-state index contributed by atoms with van der Waals surface area (Å²) in [5.41, 5.74) is 6.81.